The summed E-state index contributed by atoms with van der Waals surface area (Å²) in [6, 6.07) is 4.68. The Kier molecular flexibility index (Phi) is 4.64. The number of amides is 1. The Morgan fingerprint density at radius 2 is 1.76 bits per heavy atom. The number of carbonyl (C=O) groups is 1. The molecular weight excluding hydrogens is 356 g/mol. The first-order chi connectivity index (χ1) is 13.9. The number of hydrogen-bond acceptors (Lipinski definition) is 2. The zero-order valence-electron chi connectivity index (χ0n) is 18.3. The molecule has 4 fully saturated rings. The average molecular weight is 393 g/mol. The maximum Gasteiger partial charge on any atom is 0.222 e. The Balaban J connectivity index is 1.38. The van der Waals surface area contributed by atoms with Gasteiger partial charge < -0.3 is 4.90 Å². The highest BCUT2D eigenvalue weighted by Gasteiger charge is 2.60. The summed E-state index contributed by atoms with van der Waals surface area (Å²) >= 11 is 0. The number of likely N-dealkylation sites (tertiary alicyclic amines) is 1. The third-order valence-electron chi connectivity index (χ3n) is 9.86. The Labute approximate surface area is 176 Å². The van der Waals surface area contributed by atoms with Crippen LogP contribution in [0.25, 0.3) is 6.08 Å². The van der Waals surface area contributed by atoms with Crippen LogP contribution in [0.15, 0.2) is 30.6 Å². The van der Waals surface area contributed by atoms with Crippen LogP contribution in [-0.2, 0) is 4.79 Å². The molecule has 3 heteroatoms. The summed E-state index contributed by atoms with van der Waals surface area (Å²) in [5.41, 5.74) is 2.05. The number of nitrogens with zero attached hydrogens (tertiary/aromatic N) is 2. The summed E-state index contributed by atoms with van der Waals surface area (Å²) in [5.74, 6) is 3.58. The molecule has 3 saturated carbocycles. The first kappa shape index (κ1) is 19.3. The van der Waals surface area contributed by atoms with Crippen LogP contribution in [0.1, 0.15) is 70.8 Å². The van der Waals surface area contributed by atoms with E-state index in [9.17, 15) is 4.79 Å². The lowest BCUT2D eigenvalue weighted by atomic mass is 9.47. The van der Waals surface area contributed by atoms with Crippen molar-refractivity contribution in [2.24, 2.45) is 34.5 Å². The predicted molar refractivity (Wildman–Crippen MR) is 117 cm³/mol. The Morgan fingerprint density at radius 1 is 1.00 bits per heavy atom. The largest absolute Gasteiger partial charge is 0.342 e. The molecule has 4 aliphatic rings. The molecule has 0 aromatic carbocycles. The summed E-state index contributed by atoms with van der Waals surface area (Å²) in [7, 11) is 2.06. The van der Waals surface area contributed by atoms with Gasteiger partial charge in [0.1, 0.15) is 0 Å². The van der Waals surface area contributed by atoms with Crippen molar-refractivity contribution in [1.82, 2.24) is 9.88 Å². The lowest BCUT2D eigenvalue weighted by molar-refractivity contribution is -0.157. The monoisotopic (exact) mass is 392 g/mol. The molecule has 1 saturated heterocycles. The Morgan fingerprint density at radius 3 is 2.55 bits per heavy atom. The summed E-state index contributed by atoms with van der Waals surface area (Å²) < 4.78 is 0. The van der Waals surface area contributed by atoms with Crippen molar-refractivity contribution in [3.8, 4) is 0 Å². The van der Waals surface area contributed by atoms with Crippen LogP contribution in [0.3, 0.4) is 0 Å². The van der Waals surface area contributed by atoms with E-state index in [0.29, 0.717) is 28.7 Å². The number of pyridine rings is 1. The second-order valence-corrected chi connectivity index (χ2v) is 10.8. The second-order valence-electron chi connectivity index (χ2n) is 10.8. The first-order valence-electron chi connectivity index (χ1n) is 11.8. The van der Waals surface area contributed by atoms with E-state index in [1.165, 1.54) is 44.1 Å². The number of carbonyl (C=O) groups excluding carboxylic acids is 1. The fourth-order valence-electron chi connectivity index (χ4n) is 8.21. The summed E-state index contributed by atoms with van der Waals surface area (Å²) in [6.45, 7) is 5.11. The molecule has 0 unspecified atom stereocenters. The van der Waals surface area contributed by atoms with Gasteiger partial charge in [-0.3, -0.25) is 9.78 Å². The molecule has 156 valence electrons. The van der Waals surface area contributed by atoms with Gasteiger partial charge in [0.2, 0.25) is 5.91 Å². The minimum absolute atomic E-state index is 0.331. The first-order valence-corrected chi connectivity index (χ1v) is 11.8. The molecule has 1 aromatic heterocycles. The molecule has 5 rings (SSSR count). The number of allylic oxidation sites excluding steroid dienone is 1. The predicted octanol–water partition coefficient (Wildman–Crippen LogP) is 5.57. The van der Waals surface area contributed by atoms with E-state index in [1.54, 1.807) is 0 Å². The highest BCUT2D eigenvalue weighted by atomic mass is 16.2. The fraction of sp³-hybridized carbons (Fsp3) is 0.692. The van der Waals surface area contributed by atoms with Gasteiger partial charge in [0.15, 0.2) is 0 Å². The van der Waals surface area contributed by atoms with Crippen LogP contribution in [0.4, 0.5) is 0 Å². The van der Waals surface area contributed by atoms with Crippen LogP contribution < -0.4 is 0 Å². The van der Waals surface area contributed by atoms with Gasteiger partial charge in [-0.05, 0) is 97.1 Å². The van der Waals surface area contributed by atoms with Crippen molar-refractivity contribution < 1.29 is 4.79 Å². The number of rotatable bonds is 2. The van der Waals surface area contributed by atoms with Crippen molar-refractivity contribution in [1.29, 1.82) is 0 Å². The van der Waals surface area contributed by atoms with E-state index in [-0.39, 0.29) is 0 Å². The summed E-state index contributed by atoms with van der Waals surface area (Å²) in [6.07, 6.45) is 18.4. The van der Waals surface area contributed by atoms with Crippen LogP contribution >= 0.6 is 0 Å². The molecule has 29 heavy (non-hydrogen) atoms. The van der Waals surface area contributed by atoms with E-state index in [2.05, 4.69) is 55.1 Å². The maximum absolute atomic E-state index is 12.3. The SMILES string of the molecule is CN1C(=O)CC[C@]2(C)[C@H]3CC[C@]4(C)[C@@H](C=Cc5ccncc5)CC[C@H]4[C@@H]3CC[C@@H]12. The van der Waals surface area contributed by atoms with Gasteiger partial charge in [-0.2, -0.15) is 0 Å². The molecule has 3 nitrogen and oxygen atoms in total. The van der Waals surface area contributed by atoms with Crippen molar-refractivity contribution in [3.05, 3.63) is 36.2 Å². The molecule has 1 aliphatic heterocycles. The third kappa shape index (κ3) is 2.91. The molecule has 2 heterocycles. The Hall–Kier alpha value is -1.64. The molecule has 1 amide bonds. The molecule has 0 radical (unpaired) electrons. The average Bonchev–Trinajstić information content (AvgIpc) is 3.07. The van der Waals surface area contributed by atoms with Gasteiger partial charge in [-0.25, -0.2) is 0 Å². The van der Waals surface area contributed by atoms with Gasteiger partial charge in [-0.1, -0.05) is 26.0 Å². The highest BCUT2D eigenvalue weighted by molar-refractivity contribution is 5.77. The molecule has 0 bridgehead atoms. The maximum atomic E-state index is 12.3. The minimum Gasteiger partial charge on any atom is -0.342 e. The summed E-state index contributed by atoms with van der Waals surface area (Å²) in [5, 5.41) is 0. The lowest BCUT2D eigenvalue weighted by Crippen LogP contribution is -2.61. The summed E-state index contributed by atoms with van der Waals surface area (Å²) in [4.78, 5) is 18.6. The topological polar surface area (TPSA) is 33.2 Å². The minimum atomic E-state index is 0.331. The van der Waals surface area contributed by atoms with Crippen molar-refractivity contribution in [3.63, 3.8) is 0 Å². The molecular formula is C26H36N2O. The van der Waals surface area contributed by atoms with Gasteiger partial charge in [0, 0.05) is 31.9 Å². The number of aromatic nitrogens is 1. The molecule has 3 aliphatic carbocycles. The van der Waals surface area contributed by atoms with Crippen LogP contribution in [-0.4, -0.2) is 28.9 Å². The van der Waals surface area contributed by atoms with Crippen molar-refractivity contribution >= 4 is 12.0 Å². The molecule has 0 spiro atoms. The molecule has 7 atom stereocenters. The van der Waals surface area contributed by atoms with Crippen LogP contribution in [0, 0.1) is 34.5 Å². The molecule has 0 N–H and O–H groups in total. The number of fused-ring (bicyclic) bond motifs is 5. The van der Waals surface area contributed by atoms with Crippen molar-refractivity contribution in [2.45, 2.75) is 71.3 Å². The van der Waals surface area contributed by atoms with E-state index < -0.39 is 0 Å². The van der Waals surface area contributed by atoms with Gasteiger partial charge in [0.25, 0.3) is 0 Å². The van der Waals surface area contributed by atoms with E-state index in [1.807, 2.05) is 12.4 Å². The van der Waals surface area contributed by atoms with Gasteiger partial charge in [-0.15, -0.1) is 0 Å². The van der Waals surface area contributed by atoms with E-state index >= 15 is 0 Å². The van der Waals surface area contributed by atoms with Gasteiger partial charge in [0.05, 0.1) is 0 Å². The fourth-order valence-corrected chi connectivity index (χ4v) is 8.21. The zero-order valence-corrected chi connectivity index (χ0v) is 18.3. The van der Waals surface area contributed by atoms with Crippen molar-refractivity contribution in [2.75, 3.05) is 7.05 Å². The van der Waals surface area contributed by atoms with Crippen LogP contribution in [0.5, 0.6) is 0 Å². The molecule has 1 aromatic rings. The number of hydrogen-bond donors (Lipinski definition) is 0. The highest BCUT2D eigenvalue weighted by Crippen LogP contribution is 2.66. The third-order valence-corrected chi connectivity index (χ3v) is 9.86. The lowest BCUT2D eigenvalue weighted by Gasteiger charge is -2.61. The number of piperidine rings is 1. The normalized spacial score (nSPS) is 44.4. The standard InChI is InChI=1S/C26H36N2O/c1-25-14-10-22-20(7-9-23-26(22,2)15-11-24(29)28(23)3)21(25)8-6-19(25)5-4-18-12-16-27-17-13-18/h4-5,12-13,16-17,19-23H,6-11,14-15H2,1-3H3/t19-,20-,21-,22-,23+,25+,26+/m0/s1. The Bertz CT molecular complexity index is 804. The smallest absolute Gasteiger partial charge is 0.222 e. The van der Waals surface area contributed by atoms with Gasteiger partial charge >= 0.3 is 0 Å². The van der Waals surface area contributed by atoms with E-state index in [4.69, 9.17) is 0 Å². The van der Waals surface area contributed by atoms with Crippen LogP contribution in [0.2, 0.25) is 0 Å². The van der Waals surface area contributed by atoms with E-state index in [0.717, 1.165) is 30.6 Å². The second kappa shape index (κ2) is 6.96. The quantitative estimate of drug-likeness (QED) is 0.659. The zero-order chi connectivity index (χ0) is 20.2.